The van der Waals surface area contributed by atoms with Gasteiger partial charge in [-0.15, -0.1) is 11.3 Å². The summed E-state index contributed by atoms with van der Waals surface area (Å²) < 4.78 is 70.3. The number of aliphatic imine (C=N–C) groups is 1. The first-order valence-corrected chi connectivity index (χ1v) is 11.1. The van der Waals surface area contributed by atoms with E-state index in [4.69, 9.17) is 5.73 Å². The van der Waals surface area contributed by atoms with Gasteiger partial charge in [-0.2, -0.15) is 18.2 Å². The summed E-state index contributed by atoms with van der Waals surface area (Å²) in [5.41, 5.74) is 1.02. The Balaban J connectivity index is 2.07. The van der Waals surface area contributed by atoms with Crippen LogP contribution in [0.3, 0.4) is 0 Å². The van der Waals surface area contributed by atoms with Gasteiger partial charge >= 0.3 is 11.9 Å². The van der Waals surface area contributed by atoms with Crippen LogP contribution in [0.5, 0.6) is 0 Å². The molecule has 0 aliphatic carbocycles. The smallest absolute Gasteiger partial charge is 0.384 e. The highest BCUT2D eigenvalue weighted by atomic mass is 32.1. The van der Waals surface area contributed by atoms with Crippen molar-refractivity contribution in [1.82, 2.24) is 13.7 Å². The number of nitrogens with zero attached hydrogens (tertiary/aromatic N) is 5. The molecular weight excluding hydrogens is 527 g/mol. The summed E-state index contributed by atoms with van der Waals surface area (Å²) in [7, 11) is 3.80. The molecule has 0 aliphatic heterocycles. The summed E-state index contributed by atoms with van der Waals surface area (Å²) in [5.74, 6) is -4.85. The number of carbonyl (C=O) groups excluding carboxylic acids is 1. The van der Waals surface area contributed by atoms with Crippen LogP contribution in [0.1, 0.15) is 17.5 Å². The van der Waals surface area contributed by atoms with Gasteiger partial charge in [-0.1, -0.05) is 0 Å². The van der Waals surface area contributed by atoms with Crippen molar-refractivity contribution < 1.29 is 31.9 Å². The van der Waals surface area contributed by atoms with Crippen LogP contribution in [0.4, 0.5) is 27.8 Å². The standard InChI is InChI=1S/C21H19F5N6O4S/c1-28-11(14-17(27)30(2)20(36)31(3)18(14)35)6-13(34)29-19-32(8-33)12(7-37-19)9-4-5-10(22)15(16(9)23)21(24,25)26/h4-5,7,33H,6,8,27H2,1-3H3. The number of halogens is 5. The van der Waals surface area contributed by atoms with Crippen molar-refractivity contribution in [3.63, 3.8) is 0 Å². The molecule has 0 bridgehead atoms. The molecule has 0 atom stereocenters. The van der Waals surface area contributed by atoms with E-state index in [9.17, 15) is 41.4 Å². The van der Waals surface area contributed by atoms with Gasteiger partial charge in [0.2, 0.25) is 0 Å². The van der Waals surface area contributed by atoms with Crippen molar-refractivity contribution in [3.8, 4) is 11.3 Å². The van der Waals surface area contributed by atoms with Crippen LogP contribution in [-0.4, -0.2) is 37.5 Å². The van der Waals surface area contributed by atoms with E-state index in [1.807, 2.05) is 0 Å². The van der Waals surface area contributed by atoms with Gasteiger partial charge in [0.05, 0.1) is 17.8 Å². The Morgan fingerprint density at radius 2 is 1.81 bits per heavy atom. The number of carbonyl (C=O) groups is 1. The lowest BCUT2D eigenvalue weighted by Crippen LogP contribution is -2.42. The Labute approximate surface area is 208 Å². The summed E-state index contributed by atoms with van der Waals surface area (Å²) in [6, 6.07) is 1.20. The normalized spacial score (nSPS) is 12.9. The number of aliphatic hydroxyl groups excluding tert-OH is 1. The predicted molar refractivity (Wildman–Crippen MR) is 124 cm³/mol. The number of aliphatic hydroxyl groups is 1. The molecule has 0 saturated heterocycles. The summed E-state index contributed by atoms with van der Waals surface area (Å²) >= 11 is 0.692. The SMILES string of the molecule is CN=C(CC(=O)N=c1scc(-c2ccc(F)c(C(F)(F)F)c2F)n1CO)c1c(N)n(C)c(=O)n(C)c1=O. The van der Waals surface area contributed by atoms with Crippen LogP contribution in [0.25, 0.3) is 11.3 Å². The number of benzene rings is 1. The maximum atomic E-state index is 14.6. The lowest BCUT2D eigenvalue weighted by Gasteiger charge is -2.13. The minimum atomic E-state index is -5.32. The molecule has 0 spiro atoms. The number of hydrogen-bond donors (Lipinski definition) is 2. The van der Waals surface area contributed by atoms with Crippen molar-refractivity contribution in [2.45, 2.75) is 19.3 Å². The van der Waals surface area contributed by atoms with Crippen molar-refractivity contribution in [2.75, 3.05) is 12.8 Å². The Morgan fingerprint density at radius 3 is 2.38 bits per heavy atom. The number of nitrogens with two attached hydrogens (primary N) is 1. The van der Waals surface area contributed by atoms with E-state index in [0.29, 0.717) is 17.4 Å². The minimum Gasteiger partial charge on any atom is -0.384 e. The fourth-order valence-corrected chi connectivity index (χ4v) is 4.39. The van der Waals surface area contributed by atoms with Crippen LogP contribution in [-0.2, 0) is 31.8 Å². The third-order valence-corrected chi connectivity index (χ3v) is 6.26. The quantitative estimate of drug-likeness (QED) is 0.368. The van der Waals surface area contributed by atoms with Gasteiger partial charge < -0.3 is 10.8 Å². The highest BCUT2D eigenvalue weighted by Crippen LogP contribution is 2.37. The zero-order valence-electron chi connectivity index (χ0n) is 19.4. The number of thiazole rings is 1. The van der Waals surface area contributed by atoms with Gasteiger partial charge in [-0.25, -0.2) is 13.6 Å². The second-order valence-electron chi connectivity index (χ2n) is 7.57. The zero-order valence-corrected chi connectivity index (χ0v) is 20.2. The van der Waals surface area contributed by atoms with Gasteiger partial charge in [0, 0.05) is 32.1 Å². The van der Waals surface area contributed by atoms with E-state index in [1.54, 1.807) is 0 Å². The van der Waals surface area contributed by atoms with Gasteiger partial charge in [0.1, 0.15) is 35.3 Å². The molecule has 37 heavy (non-hydrogen) atoms. The third kappa shape index (κ3) is 5.01. The molecule has 1 amide bonds. The summed E-state index contributed by atoms with van der Waals surface area (Å²) in [6.07, 6.45) is -5.89. The molecule has 0 unspecified atom stereocenters. The number of aromatic nitrogens is 3. The molecule has 3 N–H and O–H groups in total. The van der Waals surface area contributed by atoms with Crippen LogP contribution in [0, 0.1) is 11.6 Å². The van der Waals surface area contributed by atoms with E-state index in [0.717, 1.165) is 25.1 Å². The van der Waals surface area contributed by atoms with Gasteiger partial charge in [-0.05, 0) is 12.1 Å². The first kappa shape index (κ1) is 27.7. The van der Waals surface area contributed by atoms with Crippen molar-refractivity contribution >= 4 is 28.8 Å². The topological polar surface area (TPSA) is 137 Å². The fraction of sp³-hybridized carbons (Fsp3) is 0.286. The number of amides is 1. The van der Waals surface area contributed by atoms with Crippen molar-refractivity contribution in [1.29, 1.82) is 0 Å². The molecule has 16 heteroatoms. The maximum absolute atomic E-state index is 14.6. The molecule has 10 nitrogen and oxygen atoms in total. The Morgan fingerprint density at radius 1 is 1.16 bits per heavy atom. The predicted octanol–water partition coefficient (Wildman–Crippen LogP) is 1.38. The summed E-state index contributed by atoms with van der Waals surface area (Å²) in [6.45, 7) is -0.911. The molecule has 3 aromatic rings. The second-order valence-corrected chi connectivity index (χ2v) is 8.41. The molecule has 2 aromatic heterocycles. The average Bonchev–Trinajstić information content (AvgIpc) is 3.21. The lowest BCUT2D eigenvalue weighted by atomic mass is 10.1. The van der Waals surface area contributed by atoms with Crippen LogP contribution >= 0.6 is 11.3 Å². The van der Waals surface area contributed by atoms with E-state index in [-0.39, 0.29) is 27.6 Å². The number of alkyl halides is 3. The monoisotopic (exact) mass is 546 g/mol. The molecule has 3 rings (SSSR count). The number of anilines is 1. The Bertz CT molecular complexity index is 1610. The zero-order chi connectivity index (χ0) is 27.8. The fourth-order valence-electron chi connectivity index (χ4n) is 3.48. The number of rotatable bonds is 5. The molecule has 0 saturated carbocycles. The summed E-state index contributed by atoms with van der Waals surface area (Å²) in [5, 5.41) is 10.9. The van der Waals surface area contributed by atoms with E-state index in [1.165, 1.54) is 21.1 Å². The molecule has 0 radical (unpaired) electrons. The average molecular weight is 546 g/mol. The van der Waals surface area contributed by atoms with Gasteiger partial charge in [0.25, 0.3) is 11.5 Å². The highest BCUT2D eigenvalue weighted by Gasteiger charge is 2.39. The molecule has 0 fully saturated rings. The second kappa shape index (κ2) is 10.2. The molecule has 0 aliphatic rings. The molecule has 198 valence electrons. The minimum absolute atomic E-state index is 0.103. The van der Waals surface area contributed by atoms with Crippen molar-refractivity contribution in [2.24, 2.45) is 24.1 Å². The van der Waals surface area contributed by atoms with Gasteiger partial charge in [0.15, 0.2) is 4.80 Å². The van der Waals surface area contributed by atoms with Crippen LogP contribution in [0.15, 0.2) is 37.1 Å². The van der Waals surface area contributed by atoms with E-state index < -0.39 is 59.2 Å². The van der Waals surface area contributed by atoms with Crippen LogP contribution < -0.4 is 21.8 Å². The summed E-state index contributed by atoms with van der Waals surface area (Å²) in [4.78, 5) is 44.8. The Kier molecular flexibility index (Phi) is 7.64. The van der Waals surface area contributed by atoms with Crippen LogP contribution in [0.2, 0.25) is 0 Å². The van der Waals surface area contributed by atoms with Crippen molar-refractivity contribution in [3.05, 3.63) is 65.9 Å². The number of nitrogen functional groups attached to an aromatic ring is 1. The third-order valence-electron chi connectivity index (χ3n) is 5.40. The molecular formula is C21H19F5N6O4S. The lowest BCUT2D eigenvalue weighted by molar-refractivity contribution is -0.142. The maximum Gasteiger partial charge on any atom is 0.422 e. The molecule has 1 aromatic carbocycles. The first-order valence-electron chi connectivity index (χ1n) is 10.2. The first-order chi connectivity index (χ1) is 17.2. The van der Waals surface area contributed by atoms with E-state index >= 15 is 0 Å². The Hall–Kier alpha value is -3.92. The van der Waals surface area contributed by atoms with Gasteiger partial charge in [-0.3, -0.25) is 28.3 Å². The van der Waals surface area contributed by atoms with E-state index in [2.05, 4.69) is 9.98 Å². The largest absolute Gasteiger partial charge is 0.422 e. The number of hydrogen-bond acceptors (Lipinski definition) is 7. The highest BCUT2D eigenvalue weighted by molar-refractivity contribution is 7.07. The molecule has 2 heterocycles.